The van der Waals surface area contributed by atoms with Gasteiger partial charge in [0.15, 0.2) is 5.82 Å². The minimum absolute atomic E-state index is 0.00513. The van der Waals surface area contributed by atoms with E-state index in [0.29, 0.717) is 12.1 Å². The van der Waals surface area contributed by atoms with Crippen LogP contribution < -0.4 is 0 Å². The molecule has 0 atom stereocenters. The molecule has 134 valence electrons. The molecule has 0 aliphatic rings. The highest BCUT2D eigenvalue weighted by molar-refractivity contribution is 5.90. The molecule has 0 aliphatic carbocycles. The van der Waals surface area contributed by atoms with Crippen LogP contribution in [-0.2, 0) is 12.4 Å². The van der Waals surface area contributed by atoms with Crippen molar-refractivity contribution in [2.45, 2.75) is 26.2 Å². The van der Waals surface area contributed by atoms with Gasteiger partial charge in [-0.3, -0.25) is 0 Å². The van der Waals surface area contributed by atoms with Crippen molar-refractivity contribution in [3.63, 3.8) is 0 Å². The number of carboxylic acid groups (broad SMARTS) is 1. The molecule has 10 heteroatoms. The molecule has 0 amide bonds. The van der Waals surface area contributed by atoms with Gasteiger partial charge in [-0.15, -0.1) is 0 Å². The van der Waals surface area contributed by atoms with Crippen molar-refractivity contribution in [2.24, 2.45) is 0 Å². The average Bonchev–Trinajstić information content (AvgIpc) is 2.43. The molecular weight excluding hydrogens is 354 g/mol. The number of carbonyl (C=O) groups is 1. The van der Waals surface area contributed by atoms with Crippen LogP contribution >= 0.6 is 0 Å². The summed E-state index contributed by atoms with van der Waals surface area (Å²) in [5, 5.41) is 9.03. The number of halogens is 6. The second kappa shape index (κ2) is 6.01. The number of nitrogens with zero attached hydrogens (tertiary/aromatic N) is 2. The van der Waals surface area contributed by atoms with Gasteiger partial charge < -0.3 is 5.11 Å². The van der Waals surface area contributed by atoms with Gasteiger partial charge in [0, 0.05) is 5.56 Å². The third kappa shape index (κ3) is 3.89. The topological polar surface area (TPSA) is 63.1 Å². The number of alkyl halides is 6. The van der Waals surface area contributed by atoms with E-state index in [-0.39, 0.29) is 23.0 Å². The molecule has 0 unspecified atom stereocenters. The van der Waals surface area contributed by atoms with Crippen LogP contribution in [0.4, 0.5) is 26.3 Å². The first-order valence-electron chi connectivity index (χ1n) is 6.69. The first-order valence-corrected chi connectivity index (χ1v) is 6.69. The van der Waals surface area contributed by atoms with Crippen molar-refractivity contribution in [3.05, 3.63) is 46.3 Å². The number of hydrogen-bond acceptors (Lipinski definition) is 3. The highest BCUT2D eigenvalue weighted by Crippen LogP contribution is 2.38. The molecule has 0 saturated heterocycles. The number of aromatic carboxylic acids is 1. The molecule has 0 saturated carbocycles. The number of benzene rings is 1. The summed E-state index contributed by atoms with van der Waals surface area (Å²) in [7, 11) is 0. The number of hydrogen-bond donors (Lipinski definition) is 1. The Morgan fingerprint density at radius 3 is 1.60 bits per heavy atom. The standard InChI is InChI=1S/C15H10F6N2O2/c1-6-11(13(24)25)7(2)23-12(22-6)8-3-9(14(16,17)18)5-10(4-8)15(19,20)21/h3-5H,1-2H3,(H,24,25). The molecule has 4 nitrogen and oxygen atoms in total. The molecule has 1 aromatic carbocycles. The summed E-state index contributed by atoms with van der Waals surface area (Å²) in [5.74, 6) is -1.77. The lowest BCUT2D eigenvalue weighted by Gasteiger charge is -2.14. The molecule has 25 heavy (non-hydrogen) atoms. The van der Waals surface area contributed by atoms with Gasteiger partial charge in [-0.05, 0) is 32.0 Å². The number of carboxylic acids is 1. The van der Waals surface area contributed by atoms with Crippen LogP contribution in [0, 0.1) is 13.8 Å². The minimum atomic E-state index is -5.00. The Bertz CT molecular complexity index is 788. The van der Waals surface area contributed by atoms with Crippen molar-refractivity contribution < 1.29 is 36.2 Å². The van der Waals surface area contributed by atoms with Gasteiger partial charge >= 0.3 is 18.3 Å². The maximum absolute atomic E-state index is 12.9. The van der Waals surface area contributed by atoms with E-state index >= 15 is 0 Å². The summed E-state index contributed by atoms with van der Waals surface area (Å²) in [6.07, 6.45) is -10.00. The van der Waals surface area contributed by atoms with Gasteiger partial charge in [-0.2, -0.15) is 26.3 Å². The van der Waals surface area contributed by atoms with Crippen LogP contribution in [0.2, 0.25) is 0 Å². The molecule has 0 aliphatic heterocycles. The van der Waals surface area contributed by atoms with Crippen LogP contribution in [0.15, 0.2) is 18.2 Å². The quantitative estimate of drug-likeness (QED) is 0.798. The molecule has 1 aromatic heterocycles. The Morgan fingerprint density at radius 1 is 0.880 bits per heavy atom. The lowest BCUT2D eigenvalue weighted by atomic mass is 10.0. The van der Waals surface area contributed by atoms with Gasteiger partial charge in [-0.25, -0.2) is 14.8 Å². The zero-order chi connectivity index (χ0) is 19.2. The van der Waals surface area contributed by atoms with Crippen molar-refractivity contribution in [2.75, 3.05) is 0 Å². The molecule has 2 aromatic rings. The van der Waals surface area contributed by atoms with Crippen LogP contribution in [0.25, 0.3) is 11.4 Å². The van der Waals surface area contributed by atoms with Crippen LogP contribution in [0.5, 0.6) is 0 Å². The lowest BCUT2D eigenvalue weighted by molar-refractivity contribution is -0.143. The Hall–Kier alpha value is -2.65. The highest BCUT2D eigenvalue weighted by Gasteiger charge is 2.37. The van der Waals surface area contributed by atoms with E-state index in [4.69, 9.17) is 5.11 Å². The lowest BCUT2D eigenvalue weighted by Crippen LogP contribution is -2.12. The summed E-state index contributed by atoms with van der Waals surface area (Å²) < 4.78 is 77.4. The van der Waals surface area contributed by atoms with Gasteiger partial charge in [0.2, 0.25) is 0 Å². The van der Waals surface area contributed by atoms with Gasteiger partial charge in [0.05, 0.1) is 22.5 Å². The molecule has 2 rings (SSSR count). The molecule has 1 heterocycles. The fourth-order valence-corrected chi connectivity index (χ4v) is 2.24. The van der Waals surface area contributed by atoms with Crippen molar-refractivity contribution >= 4 is 5.97 Å². The van der Waals surface area contributed by atoms with E-state index in [2.05, 4.69) is 9.97 Å². The zero-order valence-corrected chi connectivity index (χ0v) is 12.7. The van der Waals surface area contributed by atoms with Crippen molar-refractivity contribution in [1.29, 1.82) is 0 Å². The second-order valence-corrected chi connectivity index (χ2v) is 5.19. The Morgan fingerprint density at radius 2 is 1.28 bits per heavy atom. The molecule has 1 N–H and O–H groups in total. The maximum atomic E-state index is 12.9. The third-order valence-electron chi connectivity index (χ3n) is 3.33. The summed E-state index contributed by atoms with van der Waals surface area (Å²) in [6.45, 7) is 2.56. The van der Waals surface area contributed by atoms with E-state index in [1.54, 1.807) is 0 Å². The molecule has 0 bridgehead atoms. The number of aromatic nitrogens is 2. The van der Waals surface area contributed by atoms with Crippen LogP contribution in [-0.4, -0.2) is 21.0 Å². The van der Waals surface area contributed by atoms with Gasteiger partial charge in [0.1, 0.15) is 5.56 Å². The SMILES string of the molecule is Cc1nc(-c2cc(C(F)(F)F)cc(C(F)(F)F)c2)nc(C)c1C(=O)O. The molecule has 0 radical (unpaired) electrons. The smallest absolute Gasteiger partial charge is 0.416 e. The van der Waals surface area contributed by atoms with Crippen molar-refractivity contribution in [1.82, 2.24) is 9.97 Å². The third-order valence-corrected chi connectivity index (χ3v) is 3.33. The van der Waals surface area contributed by atoms with Gasteiger partial charge in [0.25, 0.3) is 0 Å². The first kappa shape index (κ1) is 18.7. The van der Waals surface area contributed by atoms with Crippen LogP contribution in [0.1, 0.15) is 32.9 Å². The summed E-state index contributed by atoms with van der Waals surface area (Å²) in [5.41, 5.74) is -3.91. The second-order valence-electron chi connectivity index (χ2n) is 5.19. The largest absolute Gasteiger partial charge is 0.478 e. The number of rotatable bonds is 2. The predicted molar refractivity (Wildman–Crippen MR) is 73.9 cm³/mol. The summed E-state index contributed by atoms with van der Waals surface area (Å²) in [4.78, 5) is 18.6. The fraction of sp³-hybridized carbons (Fsp3) is 0.267. The summed E-state index contributed by atoms with van der Waals surface area (Å²) >= 11 is 0. The maximum Gasteiger partial charge on any atom is 0.416 e. The van der Waals surface area contributed by atoms with Crippen molar-refractivity contribution in [3.8, 4) is 11.4 Å². The van der Waals surface area contributed by atoms with E-state index in [9.17, 15) is 31.1 Å². The zero-order valence-electron chi connectivity index (χ0n) is 12.7. The Labute approximate surface area is 137 Å². The van der Waals surface area contributed by atoms with E-state index < -0.39 is 40.8 Å². The van der Waals surface area contributed by atoms with Crippen LogP contribution in [0.3, 0.4) is 0 Å². The predicted octanol–water partition coefficient (Wildman–Crippen LogP) is 4.50. The molecular formula is C15H10F6N2O2. The Kier molecular flexibility index (Phi) is 4.49. The van der Waals surface area contributed by atoms with Gasteiger partial charge in [-0.1, -0.05) is 0 Å². The number of aryl methyl sites for hydroxylation is 2. The summed E-state index contributed by atoms with van der Waals surface area (Å²) in [6, 6.07) is 0.975. The fourth-order valence-electron chi connectivity index (χ4n) is 2.24. The average molecular weight is 364 g/mol. The molecule has 0 spiro atoms. The minimum Gasteiger partial charge on any atom is -0.478 e. The first-order chi connectivity index (χ1) is 11.3. The highest BCUT2D eigenvalue weighted by atomic mass is 19.4. The monoisotopic (exact) mass is 364 g/mol. The van der Waals surface area contributed by atoms with E-state index in [1.807, 2.05) is 0 Å². The van der Waals surface area contributed by atoms with E-state index in [0.717, 1.165) is 0 Å². The normalized spacial score (nSPS) is 12.3. The molecule has 0 fully saturated rings. The Balaban J connectivity index is 2.73. The van der Waals surface area contributed by atoms with E-state index in [1.165, 1.54) is 13.8 Å².